The Morgan fingerprint density at radius 2 is 0.475 bits per heavy atom. The van der Waals surface area contributed by atoms with Crippen LogP contribution in [0.2, 0.25) is 0 Å². The first-order valence-corrected chi connectivity index (χ1v) is 39.7. The van der Waals surface area contributed by atoms with Gasteiger partial charge < -0.3 is 68.3 Å². The van der Waals surface area contributed by atoms with E-state index in [1.165, 1.54) is 54.7 Å². The molecule has 0 heterocycles. The molecule has 0 bridgehead atoms. The molecule has 0 aliphatic rings. The van der Waals surface area contributed by atoms with Crippen molar-refractivity contribution < 1.29 is 95.2 Å². The van der Waals surface area contributed by atoms with Crippen molar-refractivity contribution in [2.75, 3.05) is 64.3 Å². The standard InChI is InChI=1S/C96H100N2O20/c1-5-9-13-57-107-77-45-29-71(30-46-77)93(103)115-81-37-17-67(18-38-81)25-53-89(99)111-63-75(64-112-90(100)54-26-68-19-39-82(40-20-68)116-94(104)72-31-47-78(48-32-72)108-58-14-10-6-2)85-61-86(88(98)62-87(85)97)76(65-113-91(101)55-27-69-21-41-83(42-22-69)117-95(105)73-33-49-79(50-34-73)109-59-15-11-7-3)66-114-92(102)56-28-70-23-43-84(44-24-70)118-96(106)74-35-51-80(52-36-74)110-60-16-12-8-4/h17-56,61-62,75-76H,5-16,57-60,63-66,97-98H2,1-4H3. The largest absolute Gasteiger partial charge is 0.494 e. The van der Waals surface area contributed by atoms with Crippen LogP contribution < -0.4 is 49.4 Å². The summed E-state index contributed by atoms with van der Waals surface area (Å²) < 4.78 is 68.9. The highest BCUT2D eigenvalue weighted by Gasteiger charge is 2.26. The number of anilines is 2. The summed E-state index contributed by atoms with van der Waals surface area (Å²) >= 11 is 0. The molecule has 0 fully saturated rings. The van der Waals surface area contributed by atoms with Crippen LogP contribution in [0.25, 0.3) is 24.3 Å². The summed E-state index contributed by atoms with van der Waals surface area (Å²) in [7, 11) is 0. The highest BCUT2D eigenvalue weighted by Crippen LogP contribution is 2.34. The van der Waals surface area contributed by atoms with Gasteiger partial charge in [-0.25, -0.2) is 38.4 Å². The van der Waals surface area contributed by atoms with Crippen molar-refractivity contribution in [1.29, 1.82) is 0 Å². The summed E-state index contributed by atoms with van der Waals surface area (Å²) in [4.78, 5) is 107. The van der Waals surface area contributed by atoms with Crippen LogP contribution in [0.1, 0.15) is 191 Å². The van der Waals surface area contributed by atoms with Crippen LogP contribution in [0.15, 0.2) is 231 Å². The summed E-state index contributed by atoms with van der Waals surface area (Å²) in [5.74, 6) is -3.88. The predicted molar refractivity (Wildman–Crippen MR) is 452 cm³/mol. The second kappa shape index (κ2) is 48.0. The van der Waals surface area contributed by atoms with Crippen LogP contribution in [-0.4, -0.2) is 101 Å². The van der Waals surface area contributed by atoms with Crippen molar-refractivity contribution in [1.82, 2.24) is 0 Å². The lowest BCUT2D eigenvalue weighted by Crippen LogP contribution is -2.22. The van der Waals surface area contributed by atoms with E-state index in [1.54, 1.807) is 200 Å². The van der Waals surface area contributed by atoms with Crippen molar-refractivity contribution in [3.8, 4) is 46.0 Å². The van der Waals surface area contributed by atoms with Gasteiger partial charge in [-0.15, -0.1) is 0 Å². The van der Waals surface area contributed by atoms with E-state index in [4.69, 9.17) is 68.3 Å². The maximum atomic E-state index is 13.7. The molecule has 0 saturated carbocycles. The average Bonchev–Trinajstić information content (AvgIpc) is 0.803. The summed E-state index contributed by atoms with van der Waals surface area (Å²) in [5, 5.41) is 0. The van der Waals surface area contributed by atoms with Crippen LogP contribution in [-0.2, 0) is 38.1 Å². The Morgan fingerprint density at radius 3 is 0.678 bits per heavy atom. The number of ether oxygens (including phenoxy) is 12. The minimum atomic E-state index is -0.999. The zero-order valence-electron chi connectivity index (χ0n) is 66.9. The highest BCUT2D eigenvalue weighted by molar-refractivity contribution is 5.94. The molecular formula is C96H100N2O20. The van der Waals surface area contributed by atoms with Gasteiger partial charge in [-0.05, 0) is 235 Å². The van der Waals surface area contributed by atoms with Gasteiger partial charge in [0.05, 0.1) is 60.5 Å². The lowest BCUT2D eigenvalue weighted by Gasteiger charge is -2.24. The zero-order valence-corrected chi connectivity index (χ0v) is 66.9. The predicted octanol–water partition coefficient (Wildman–Crippen LogP) is 19.2. The summed E-state index contributed by atoms with van der Waals surface area (Å²) in [6.07, 6.45) is 22.9. The number of hydrogen-bond acceptors (Lipinski definition) is 22. The second-order valence-corrected chi connectivity index (χ2v) is 27.5. The van der Waals surface area contributed by atoms with E-state index in [9.17, 15) is 38.4 Å². The molecule has 22 nitrogen and oxygen atoms in total. The summed E-state index contributed by atoms with van der Waals surface area (Å²) in [6.45, 7) is 9.07. The highest BCUT2D eigenvalue weighted by atomic mass is 16.6. The van der Waals surface area contributed by atoms with Gasteiger partial charge in [-0.1, -0.05) is 134 Å². The van der Waals surface area contributed by atoms with E-state index < -0.39 is 86.0 Å². The summed E-state index contributed by atoms with van der Waals surface area (Å²) in [5.41, 5.74) is 17.8. The smallest absolute Gasteiger partial charge is 0.343 e. The number of hydrogen-bond donors (Lipinski definition) is 2. The number of rotatable bonds is 46. The lowest BCUT2D eigenvalue weighted by molar-refractivity contribution is -0.142. The number of esters is 8. The van der Waals surface area contributed by atoms with Crippen LogP contribution >= 0.6 is 0 Å². The Kier molecular flexibility index (Phi) is 36.0. The van der Waals surface area contributed by atoms with E-state index in [0.29, 0.717) is 93.9 Å². The molecule has 9 aromatic carbocycles. The molecule has 0 unspecified atom stereocenters. The second-order valence-electron chi connectivity index (χ2n) is 27.5. The maximum Gasteiger partial charge on any atom is 0.343 e. The van der Waals surface area contributed by atoms with Crippen LogP contribution in [0.3, 0.4) is 0 Å². The Balaban J connectivity index is 0.905. The first-order valence-electron chi connectivity index (χ1n) is 39.7. The Hall–Kier alpha value is -13.5. The molecule has 0 spiro atoms. The third-order valence-electron chi connectivity index (χ3n) is 18.3. The molecule has 0 radical (unpaired) electrons. The molecule has 22 heteroatoms. The molecule has 614 valence electrons. The normalized spacial score (nSPS) is 11.7. The van der Waals surface area contributed by atoms with Gasteiger partial charge in [0.25, 0.3) is 0 Å². The van der Waals surface area contributed by atoms with Crippen molar-refractivity contribution >= 4 is 83.4 Å². The molecule has 0 saturated heterocycles. The quantitative estimate of drug-likeness (QED) is 0.00894. The number of benzene rings is 9. The van der Waals surface area contributed by atoms with Crippen LogP contribution in [0.4, 0.5) is 11.4 Å². The maximum absolute atomic E-state index is 13.7. The molecule has 9 rings (SSSR count). The Morgan fingerprint density at radius 1 is 0.271 bits per heavy atom. The van der Waals surface area contributed by atoms with Crippen molar-refractivity contribution in [3.05, 3.63) is 286 Å². The number of nitrogen functional groups attached to an aromatic ring is 2. The fourth-order valence-corrected chi connectivity index (χ4v) is 11.6. The number of carbonyl (C=O) groups excluding carboxylic acids is 8. The molecule has 0 aromatic heterocycles. The SMILES string of the molecule is CCCCCOc1ccc(C(=O)Oc2ccc(C=CC(=O)OCC(COC(=O)C=Cc3ccc(OC(=O)c4ccc(OCCCCC)cc4)cc3)c3cc(C(COC(=O)C=Cc4ccc(OC(=O)c5ccc(OCCCCC)cc5)cc4)COC(=O)C=Cc4ccc(OC(=O)c5ccc(OCCCCC)cc5)cc4)c(N)cc3N)cc2)cc1. The minimum absolute atomic E-state index is 0.0911. The molecule has 0 amide bonds. The summed E-state index contributed by atoms with van der Waals surface area (Å²) in [6, 6.07) is 55.4. The van der Waals surface area contributed by atoms with Crippen molar-refractivity contribution in [2.45, 2.75) is 117 Å². The van der Waals surface area contributed by atoms with Gasteiger partial charge in [-0.3, -0.25) is 0 Å². The van der Waals surface area contributed by atoms with E-state index >= 15 is 0 Å². The molecule has 9 aromatic rings. The first-order chi connectivity index (χ1) is 57.4. The molecule has 0 atom stereocenters. The van der Waals surface area contributed by atoms with E-state index in [1.807, 2.05) is 0 Å². The van der Waals surface area contributed by atoms with Gasteiger partial charge >= 0.3 is 47.8 Å². The topological polar surface area (TPSA) is 299 Å². The Labute approximate surface area is 688 Å². The number of carbonyl (C=O) groups is 8. The number of unbranched alkanes of at least 4 members (excludes halogenated alkanes) is 8. The molecule has 118 heavy (non-hydrogen) atoms. The fourth-order valence-electron chi connectivity index (χ4n) is 11.6. The van der Waals surface area contributed by atoms with Crippen LogP contribution in [0.5, 0.6) is 46.0 Å². The van der Waals surface area contributed by atoms with E-state index in [2.05, 4.69) is 27.7 Å². The monoisotopic (exact) mass is 1600 g/mol. The van der Waals surface area contributed by atoms with Crippen molar-refractivity contribution in [3.63, 3.8) is 0 Å². The number of nitrogens with two attached hydrogens (primary N) is 2. The molecule has 0 aliphatic heterocycles. The first kappa shape index (κ1) is 88.4. The molecule has 4 N–H and O–H groups in total. The van der Waals surface area contributed by atoms with E-state index in [-0.39, 0.29) is 45.5 Å². The van der Waals surface area contributed by atoms with Gasteiger partial charge in [0.15, 0.2) is 0 Å². The zero-order chi connectivity index (χ0) is 83.6. The van der Waals surface area contributed by atoms with Gasteiger partial charge in [0.2, 0.25) is 0 Å². The minimum Gasteiger partial charge on any atom is -0.494 e. The van der Waals surface area contributed by atoms with Crippen molar-refractivity contribution in [2.24, 2.45) is 0 Å². The molecule has 0 aliphatic carbocycles. The van der Waals surface area contributed by atoms with Gasteiger partial charge in [-0.2, -0.15) is 0 Å². The fraction of sp³-hybridized carbons (Fsp3) is 0.271. The van der Waals surface area contributed by atoms with Gasteiger partial charge in [0.1, 0.15) is 72.4 Å². The third kappa shape index (κ3) is 30.4. The Bertz CT molecular complexity index is 4260. The lowest BCUT2D eigenvalue weighted by atomic mass is 9.90. The molecular weight excluding hydrogens is 1500 g/mol. The van der Waals surface area contributed by atoms with Crippen LogP contribution in [0, 0.1) is 0 Å². The average molecular weight is 1600 g/mol. The van der Waals surface area contributed by atoms with E-state index in [0.717, 1.165) is 77.0 Å². The third-order valence-corrected chi connectivity index (χ3v) is 18.3. The van der Waals surface area contributed by atoms with Gasteiger partial charge in [0, 0.05) is 35.7 Å².